The summed E-state index contributed by atoms with van der Waals surface area (Å²) in [6.07, 6.45) is 2.65. The van der Waals surface area contributed by atoms with Crippen molar-refractivity contribution in [1.29, 1.82) is 0 Å². The molecule has 4 aromatic rings. The first-order valence-corrected chi connectivity index (χ1v) is 9.80. The molecular weight excluding hydrogens is 376 g/mol. The summed E-state index contributed by atoms with van der Waals surface area (Å²) in [5.41, 5.74) is 4.35. The summed E-state index contributed by atoms with van der Waals surface area (Å²) < 4.78 is 1.63. The molecule has 2 heterocycles. The number of imidazole rings is 1. The number of aromatic nitrogens is 2. The predicted molar refractivity (Wildman–Crippen MR) is 118 cm³/mol. The van der Waals surface area contributed by atoms with Crippen LogP contribution >= 0.6 is 0 Å². The highest BCUT2D eigenvalue weighted by molar-refractivity contribution is 6.10. The molecule has 0 aliphatic rings. The lowest BCUT2D eigenvalue weighted by molar-refractivity contribution is 0.101. The molecule has 2 aromatic heterocycles. The normalized spacial score (nSPS) is 10.7. The van der Waals surface area contributed by atoms with Crippen LogP contribution in [0, 0.1) is 6.92 Å². The number of aryl methyl sites for hydroxylation is 2. The maximum Gasteiger partial charge on any atom is 0.292 e. The predicted octanol–water partition coefficient (Wildman–Crippen LogP) is 4.71. The van der Waals surface area contributed by atoms with Crippen LogP contribution in [0.1, 0.15) is 39.2 Å². The van der Waals surface area contributed by atoms with E-state index in [4.69, 9.17) is 0 Å². The molecule has 0 fully saturated rings. The van der Waals surface area contributed by atoms with Gasteiger partial charge in [-0.2, -0.15) is 0 Å². The number of hydrogen-bond donors (Lipinski definition) is 2. The van der Waals surface area contributed by atoms with Crippen LogP contribution in [0.2, 0.25) is 0 Å². The summed E-state index contributed by atoms with van der Waals surface area (Å²) in [4.78, 5) is 30.2. The first-order chi connectivity index (χ1) is 14.5. The van der Waals surface area contributed by atoms with Crippen molar-refractivity contribution in [2.45, 2.75) is 20.3 Å². The minimum absolute atomic E-state index is 0.152. The monoisotopic (exact) mass is 398 g/mol. The largest absolute Gasteiger partial charge is 0.321 e. The van der Waals surface area contributed by atoms with E-state index in [0.717, 1.165) is 12.0 Å². The summed E-state index contributed by atoms with van der Waals surface area (Å²) >= 11 is 0. The Kier molecular flexibility index (Phi) is 5.30. The van der Waals surface area contributed by atoms with Gasteiger partial charge in [-0.05, 0) is 60.9 Å². The Morgan fingerprint density at radius 1 is 0.900 bits per heavy atom. The van der Waals surface area contributed by atoms with Gasteiger partial charge in [-0.1, -0.05) is 37.3 Å². The Balaban J connectivity index is 1.64. The average molecular weight is 398 g/mol. The number of nitrogens with zero attached hydrogens (tertiary/aromatic N) is 2. The lowest BCUT2D eigenvalue weighted by Gasteiger charge is -2.05. The smallest absolute Gasteiger partial charge is 0.292 e. The van der Waals surface area contributed by atoms with Gasteiger partial charge in [0.1, 0.15) is 0 Å². The Morgan fingerprint density at radius 3 is 2.40 bits per heavy atom. The molecule has 2 N–H and O–H groups in total. The third-order valence-corrected chi connectivity index (χ3v) is 4.86. The van der Waals surface area contributed by atoms with E-state index in [0.29, 0.717) is 16.9 Å². The van der Waals surface area contributed by atoms with Crippen LogP contribution in [0.5, 0.6) is 0 Å². The molecule has 0 bridgehead atoms. The van der Waals surface area contributed by atoms with Crippen LogP contribution in [0.4, 0.5) is 11.4 Å². The molecule has 0 aliphatic carbocycles. The number of nitrogens with one attached hydrogen (secondary N) is 2. The standard InChI is InChI=1S/C24H22N4O2/c1-3-17-10-12-18(13-11-17)25-24(30)22-27-21(20-9-4-5-14-28(20)22)23(29)26-19-8-6-7-16(2)15-19/h4-15H,3H2,1-2H3,(H,25,30)(H,26,29). The van der Waals surface area contributed by atoms with Crippen molar-refractivity contribution in [2.24, 2.45) is 0 Å². The quantitative estimate of drug-likeness (QED) is 0.511. The number of rotatable bonds is 5. The molecule has 0 atom stereocenters. The summed E-state index contributed by atoms with van der Waals surface area (Å²) in [6, 6.07) is 20.6. The number of anilines is 2. The van der Waals surface area contributed by atoms with Crippen molar-refractivity contribution in [3.05, 3.63) is 95.6 Å². The minimum atomic E-state index is -0.380. The fourth-order valence-corrected chi connectivity index (χ4v) is 3.29. The van der Waals surface area contributed by atoms with Gasteiger partial charge in [0.05, 0.1) is 5.52 Å². The Hall–Kier alpha value is -3.93. The Bertz CT molecular complexity index is 1230. The van der Waals surface area contributed by atoms with Crippen LogP contribution in [0.25, 0.3) is 5.52 Å². The summed E-state index contributed by atoms with van der Waals surface area (Å²) in [7, 11) is 0. The van der Waals surface area contributed by atoms with Gasteiger partial charge in [0, 0.05) is 17.6 Å². The van der Waals surface area contributed by atoms with Crippen molar-refractivity contribution in [3.63, 3.8) is 0 Å². The van der Waals surface area contributed by atoms with E-state index >= 15 is 0 Å². The van der Waals surface area contributed by atoms with Gasteiger partial charge in [-0.25, -0.2) is 4.98 Å². The molecule has 0 saturated heterocycles. The van der Waals surface area contributed by atoms with Gasteiger partial charge < -0.3 is 10.6 Å². The molecule has 2 amide bonds. The number of pyridine rings is 1. The highest BCUT2D eigenvalue weighted by Crippen LogP contribution is 2.18. The molecule has 0 radical (unpaired) electrons. The van der Waals surface area contributed by atoms with Crippen LogP contribution in [-0.2, 0) is 6.42 Å². The van der Waals surface area contributed by atoms with E-state index in [1.54, 1.807) is 22.7 Å². The van der Waals surface area contributed by atoms with Crippen LogP contribution < -0.4 is 10.6 Å². The van der Waals surface area contributed by atoms with E-state index in [-0.39, 0.29) is 23.3 Å². The molecule has 2 aromatic carbocycles. The van der Waals surface area contributed by atoms with Crippen molar-refractivity contribution in [2.75, 3.05) is 10.6 Å². The van der Waals surface area contributed by atoms with E-state index in [1.807, 2.05) is 61.5 Å². The molecule has 0 aliphatic heterocycles. The Morgan fingerprint density at radius 2 is 1.67 bits per heavy atom. The van der Waals surface area contributed by atoms with Crippen molar-refractivity contribution in [1.82, 2.24) is 9.38 Å². The third kappa shape index (κ3) is 3.93. The lowest BCUT2D eigenvalue weighted by atomic mass is 10.1. The van der Waals surface area contributed by atoms with Gasteiger partial charge in [-0.15, -0.1) is 0 Å². The summed E-state index contributed by atoms with van der Waals surface area (Å²) in [5.74, 6) is -0.592. The zero-order valence-electron chi connectivity index (χ0n) is 16.8. The minimum Gasteiger partial charge on any atom is -0.321 e. The molecule has 150 valence electrons. The van der Waals surface area contributed by atoms with Crippen LogP contribution in [0.15, 0.2) is 72.9 Å². The first kappa shape index (κ1) is 19.4. The zero-order valence-corrected chi connectivity index (χ0v) is 16.8. The maximum atomic E-state index is 12.9. The fraction of sp³-hybridized carbons (Fsp3) is 0.125. The third-order valence-electron chi connectivity index (χ3n) is 4.86. The molecule has 6 heteroatoms. The van der Waals surface area contributed by atoms with Gasteiger partial charge in [0.2, 0.25) is 5.82 Å². The van der Waals surface area contributed by atoms with Gasteiger partial charge >= 0.3 is 0 Å². The number of carbonyl (C=O) groups excluding carboxylic acids is 2. The summed E-state index contributed by atoms with van der Waals surface area (Å²) in [5, 5.41) is 5.72. The number of hydrogen-bond acceptors (Lipinski definition) is 3. The van der Waals surface area contributed by atoms with Crippen LogP contribution in [0.3, 0.4) is 0 Å². The maximum absolute atomic E-state index is 12.9. The highest BCUT2D eigenvalue weighted by Gasteiger charge is 2.21. The molecule has 0 spiro atoms. The van der Waals surface area contributed by atoms with Crippen molar-refractivity contribution >= 4 is 28.7 Å². The molecular formula is C24H22N4O2. The second-order valence-corrected chi connectivity index (χ2v) is 7.07. The van der Waals surface area contributed by atoms with Gasteiger partial charge in [0.15, 0.2) is 5.69 Å². The van der Waals surface area contributed by atoms with E-state index in [1.165, 1.54) is 5.56 Å². The van der Waals surface area contributed by atoms with Gasteiger partial charge in [-0.3, -0.25) is 14.0 Å². The molecule has 6 nitrogen and oxygen atoms in total. The fourth-order valence-electron chi connectivity index (χ4n) is 3.29. The highest BCUT2D eigenvalue weighted by atomic mass is 16.2. The molecule has 0 unspecified atom stereocenters. The zero-order chi connectivity index (χ0) is 21.1. The van der Waals surface area contributed by atoms with Crippen LogP contribution in [-0.4, -0.2) is 21.2 Å². The number of benzene rings is 2. The average Bonchev–Trinajstić information content (AvgIpc) is 3.14. The molecule has 0 saturated carbocycles. The molecule has 30 heavy (non-hydrogen) atoms. The van der Waals surface area contributed by atoms with Crippen molar-refractivity contribution in [3.8, 4) is 0 Å². The van der Waals surface area contributed by atoms with E-state index < -0.39 is 0 Å². The van der Waals surface area contributed by atoms with E-state index in [9.17, 15) is 9.59 Å². The second kappa shape index (κ2) is 8.21. The molecule has 4 rings (SSSR count). The number of fused-ring (bicyclic) bond motifs is 1. The lowest BCUT2D eigenvalue weighted by Crippen LogP contribution is -2.16. The van der Waals surface area contributed by atoms with Gasteiger partial charge in [0.25, 0.3) is 11.8 Å². The van der Waals surface area contributed by atoms with Crippen molar-refractivity contribution < 1.29 is 9.59 Å². The number of amides is 2. The summed E-state index contributed by atoms with van der Waals surface area (Å²) in [6.45, 7) is 4.03. The number of carbonyl (C=O) groups is 2. The topological polar surface area (TPSA) is 75.5 Å². The first-order valence-electron chi connectivity index (χ1n) is 9.80. The second-order valence-electron chi connectivity index (χ2n) is 7.07. The van der Waals surface area contributed by atoms with E-state index in [2.05, 4.69) is 22.5 Å². The Labute approximate surface area is 174 Å². The SMILES string of the molecule is CCc1ccc(NC(=O)c2nc(C(=O)Nc3cccc(C)c3)c3ccccn23)cc1.